The van der Waals surface area contributed by atoms with Crippen molar-refractivity contribution in [3.63, 3.8) is 0 Å². The first-order valence-corrected chi connectivity index (χ1v) is 2.39. The largest absolute Gasteiger partial charge is 0.361 e. The third kappa shape index (κ3) is 0.733. The van der Waals surface area contributed by atoms with Crippen LogP contribution in [0.3, 0.4) is 0 Å². The maximum Gasteiger partial charge on any atom is 0.131 e. The average molecular weight is 109 g/mol. The Morgan fingerprint density at radius 2 is 2.75 bits per heavy atom. The number of nitriles is 1. The molecule has 1 aliphatic heterocycles. The number of hydrogen-bond acceptors (Lipinski definition) is 3. The molecule has 0 radical (unpaired) electrons. The number of hydrogen-bond donors (Lipinski definition) is 1. The van der Waals surface area contributed by atoms with Gasteiger partial charge in [-0.15, -0.1) is 0 Å². The molecule has 0 atom stereocenters. The highest BCUT2D eigenvalue weighted by Gasteiger charge is 2.03. The van der Waals surface area contributed by atoms with Gasteiger partial charge in [-0.25, -0.2) is 0 Å². The summed E-state index contributed by atoms with van der Waals surface area (Å²) in [5, 5.41) is 11.2. The number of nitrogens with one attached hydrogen (secondary N) is 1. The standard InChI is InChI=1S/C5H7N3/c1-8-3-5(2-6)7-4-8/h3,7H,4H2,1H3. The molecule has 3 heteroatoms. The first kappa shape index (κ1) is 4.98. The minimum Gasteiger partial charge on any atom is -0.361 e. The summed E-state index contributed by atoms with van der Waals surface area (Å²) >= 11 is 0. The van der Waals surface area contributed by atoms with Gasteiger partial charge in [-0.05, 0) is 0 Å². The van der Waals surface area contributed by atoms with Crippen LogP contribution in [0.25, 0.3) is 0 Å². The molecule has 0 saturated carbocycles. The molecule has 0 spiro atoms. The van der Waals surface area contributed by atoms with Gasteiger partial charge < -0.3 is 10.2 Å². The fraction of sp³-hybridized carbons (Fsp3) is 0.400. The van der Waals surface area contributed by atoms with E-state index < -0.39 is 0 Å². The highest BCUT2D eigenvalue weighted by molar-refractivity contribution is 5.20. The Labute approximate surface area is 48.2 Å². The second kappa shape index (κ2) is 1.74. The molecule has 1 N–H and O–H groups in total. The molecule has 0 bridgehead atoms. The van der Waals surface area contributed by atoms with E-state index in [2.05, 4.69) is 5.32 Å². The molecule has 0 saturated heterocycles. The molecule has 8 heavy (non-hydrogen) atoms. The van der Waals surface area contributed by atoms with Crippen molar-refractivity contribution >= 4 is 0 Å². The van der Waals surface area contributed by atoms with E-state index in [0.717, 1.165) is 6.67 Å². The Bertz CT molecular complexity index is 154. The second-order valence-corrected chi connectivity index (χ2v) is 1.75. The Morgan fingerprint density at radius 3 is 3.00 bits per heavy atom. The predicted octanol–water partition coefficient (Wildman–Crippen LogP) is -0.156. The van der Waals surface area contributed by atoms with Gasteiger partial charge in [0.1, 0.15) is 11.8 Å². The van der Waals surface area contributed by atoms with E-state index in [1.165, 1.54) is 0 Å². The third-order valence-electron chi connectivity index (χ3n) is 0.989. The zero-order valence-corrected chi connectivity index (χ0v) is 4.68. The summed E-state index contributed by atoms with van der Waals surface area (Å²) in [6.07, 6.45) is 1.78. The first-order valence-electron chi connectivity index (χ1n) is 2.39. The quantitative estimate of drug-likeness (QED) is 0.470. The highest BCUT2D eigenvalue weighted by Crippen LogP contribution is 1.96. The van der Waals surface area contributed by atoms with E-state index in [1.54, 1.807) is 6.20 Å². The molecule has 0 aromatic rings. The Morgan fingerprint density at radius 1 is 2.00 bits per heavy atom. The van der Waals surface area contributed by atoms with Crippen molar-refractivity contribution in [2.24, 2.45) is 0 Å². The molecule has 1 rings (SSSR count). The molecular weight excluding hydrogens is 102 g/mol. The van der Waals surface area contributed by atoms with Gasteiger partial charge in [-0.3, -0.25) is 0 Å². The normalized spacial score (nSPS) is 17.0. The van der Waals surface area contributed by atoms with Crippen molar-refractivity contribution in [1.29, 1.82) is 5.26 Å². The van der Waals surface area contributed by atoms with Gasteiger partial charge in [0.2, 0.25) is 0 Å². The smallest absolute Gasteiger partial charge is 0.131 e. The minimum absolute atomic E-state index is 0.646. The van der Waals surface area contributed by atoms with Crippen LogP contribution in [0.4, 0.5) is 0 Å². The van der Waals surface area contributed by atoms with Crippen molar-refractivity contribution in [2.75, 3.05) is 13.7 Å². The van der Waals surface area contributed by atoms with Crippen LogP contribution in [0, 0.1) is 11.3 Å². The third-order valence-corrected chi connectivity index (χ3v) is 0.989. The molecule has 0 aliphatic carbocycles. The lowest BCUT2D eigenvalue weighted by Crippen LogP contribution is -2.16. The zero-order valence-electron chi connectivity index (χ0n) is 4.68. The molecule has 0 fully saturated rings. The van der Waals surface area contributed by atoms with Crippen LogP contribution in [0.5, 0.6) is 0 Å². The second-order valence-electron chi connectivity index (χ2n) is 1.75. The highest BCUT2D eigenvalue weighted by atomic mass is 15.2. The van der Waals surface area contributed by atoms with E-state index in [0.29, 0.717) is 5.70 Å². The summed E-state index contributed by atoms with van der Waals surface area (Å²) in [4.78, 5) is 1.92. The van der Waals surface area contributed by atoms with Crippen LogP contribution < -0.4 is 5.32 Å². The van der Waals surface area contributed by atoms with E-state index in [9.17, 15) is 0 Å². The van der Waals surface area contributed by atoms with Gasteiger partial charge in [0.25, 0.3) is 0 Å². The zero-order chi connectivity index (χ0) is 5.98. The molecular formula is C5H7N3. The van der Waals surface area contributed by atoms with Gasteiger partial charge in [0.05, 0.1) is 6.67 Å². The molecule has 0 unspecified atom stereocenters. The minimum atomic E-state index is 0.646. The summed E-state index contributed by atoms with van der Waals surface area (Å²) in [7, 11) is 1.91. The monoisotopic (exact) mass is 109 g/mol. The van der Waals surface area contributed by atoms with Gasteiger partial charge in [-0.2, -0.15) is 5.26 Å². The first-order chi connectivity index (χ1) is 3.83. The Balaban J connectivity index is 2.61. The van der Waals surface area contributed by atoms with Gasteiger partial charge in [0.15, 0.2) is 0 Å². The van der Waals surface area contributed by atoms with E-state index >= 15 is 0 Å². The molecule has 3 nitrogen and oxygen atoms in total. The average Bonchev–Trinajstić information content (AvgIpc) is 2.14. The van der Waals surface area contributed by atoms with Crippen molar-refractivity contribution in [1.82, 2.24) is 10.2 Å². The van der Waals surface area contributed by atoms with Gasteiger partial charge >= 0.3 is 0 Å². The molecule has 1 heterocycles. The maximum absolute atomic E-state index is 8.28. The summed E-state index contributed by atoms with van der Waals surface area (Å²) in [6.45, 7) is 0.753. The molecule has 0 amide bonds. The van der Waals surface area contributed by atoms with Crippen molar-refractivity contribution in [3.05, 3.63) is 11.9 Å². The molecule has 0 aromatic carbocycles. The fourth-order valence-electron chi connectivity index (χ4n) is 0.590. The van der Waals surface area contributed by atoms with Crippen molar-refractivity contribution < 1.29 is 0 Å². The van der Waals surface area contributed by atoms with Crippen molar-refractivity contribution in [3.8, 4) is 6.07 Å². The molecule has 42 valence electrons. The van der Waals surface area contributed by atoms with Crippen LogP contribution in [-0.4, -0.2) is 18.6 Å². The lowest BCUT2D eigenvalue weighted by atomic mass is 10.5. The van der Waals surface area contributed by atoms with Crippen LogP contribution >= 0.6 is 0 Å². The number of rotatable bonds is 0. The molecule has 1 aliphatic rings. The topological polar surface area (TPSA) is 39.1 Å². The maximum atomic E-state index is 8.28. The lowest BCUT2D eigenvalue weighted by Gasteiger charge is -2.01. The predicted molar refractivity (Wildman–Crippen MR) is 29.5 cm³/mol. The fourth-order valence-corrected chi connectivity index (χ4v) is 0.590. The van der Waals surface area contributed by atoms with Gasteiger partial charge in [0, 0.05) is 13.2 Å². The summed E-state index contributed by atoms with van der Waals surface area (Å²) in [5.74, 6) is 0. The van der Waals surface area contributed by atoms with Crippen LogP contribution in [-0.2, 0) is 0 Å². The Hall–Kier alpha value is -1.17. The SMILES string of the molecule is CN1C=C(C#N)NC1. The van der Waals surface area contributed by atoms with Crippen LogP contribution in [0.2, 0.25) is 0 Å². The Kier molecular flexibility index (Phi) is 1.09. The van der Waals surface area contributed by atoms with Crippen LogP contribution in [0.1, 0.15) is 0 Å². The summed E-state index contributed by atoms with van der Waals surface area (Å²) < 4.78 is 0. The van der Waals surface area contributed by atoms with Crippen LogP contribution in [0.15, 0.2) is 11.9 Å². The lowest BCUT2D eigenvalue weighted by molar-refractivity contribution is 0.474. The van der Waals surface area contributed by atoms with E-state index in [1.807, 2.05) is 18.0 Å². The van der Waals surface area contributed by atoms with Gasteiger partial charge in [-0.1, -0.05) is 0 Å². The summed E-state index contributed by atoms with van der Waals surface area (Å²) in [5.41, 5.74) is 0.646. The van der Waals surface area contributed by atoms with E-state index in [4.69, 9.17) is 5.26 Å². The molecule has 0 aromatic heterocycles. The summed E-state index contributed by atoms with van der Waals surface area (Å²) in [6, 6.07) is 2.00. The number of nitrogens with zero attached hydrogens (tertiary/aromatic N) is 2. The van der Waals surface area contributed by atoms with Crippen molar-refractivity contribution in [2.45, 2.75) is 0 Å². The number of allylic oxidation sites excluding steroid dienone is 1. The van der Waals surface area contributed by atoms with E-state index in [-0.39, 0.29) is 0 Å².